The van der Waals surface area contributed by atoms with Crippen molar-refractivity contribution >= 4 is 18.0 Å². The molecule has 0 spiro atoms. The van der Waals surface area contributed by atoms with Crippen molar-refractivity contribution in [3.8, 4) is 0 Å². The van der Waals surface area contributed by atoms with Crippen molar-refractivity contribution in [2.45, 2.75) is 38.5 Å². The van der Waals surface area contributed by atoms with E-state index in [1.807, 2.05) is 14.1 Å². The van der Waals surface area contributed by atoms with Crippen molar-refractivity contribution in [3.05, 3.63) is 0 Å². The van der Waals surface area contributed by atoms with E-state index in [9.17, 15) is 4.79 Å². The highest BCUT2D eigenvalue weighted by molar-refractivity contribution is 6.11. The molecule has 1 aliphatic heterocycles. The van der Waals surface area contributed by atoms with E-state index in [2.05, 4.69) is 9.98 Å². The van der Waals surface area contributed by atoms with E-state index in [1.54, 1.807) is 11.2 Å². The first-order valence-corrected chi connectivity index (χ1v) is 6.44. The van der Waals surface area contributed by atoms with Gasteiger partial charge in [0.25, 0.3) is 0 Å². The molecule has 17 heavy (non-hydrogen) atoms. The van der Waals surface area contributed by atoms with Crippen LogP contribution in [0.1, 0.15) is 38.5 Å². The molecule has 0 N–H and O–H groups in total. The van der Waals surface area contributed by atoms with Crippen LogP contribution in [-0.4, -0.2) is 43.5 Å². The lowest BCUT2D eigenvalue weighted by molar-refractivity contribution is -0.137. The van der Waals surface area contributed by atoms with E-state index >= 15 is 0 Å². The average molecular weight is 235 g/mol. The minimum absolute atomic E-state index is 0.228. The molecule has 1 fully saturated rings. The van der Waals surface area contributed by atoms with E-state index in [0.29, 0.717) is 0 Å². The van der Waals surface area contributed by atoms with Gasteiger partial charge < -0.3 is 4.90 Å². The van der Waals surface area contributed by atoms with Crippen LogP contribution in [-0.2, 0) is 4.79 Å². The van der Waals surface area contributed by atoms with Crippen molar-refractivity contribution in [1.82, 2.24) is 4.90 Å². The summed E-state index contributed by atoms with van der Waals surface area (Å²) < 4.78 is 0. The summed E-state index contributed by atoms with van der Waals surface area (Å²) in [5.74, 6) is 0.228. The number of amides is 1. The normalized spacial score (nSPS) is 23.1. The summed E-state index contributed by atoms with van der Waals surface area (Å²) in [6.07, 6.45) is 7.89. The van der Waals surface area contributed by atoms with Gasteiger partial charge in [0.2, 0.25) is 5.91 Å². The zero-order valence-electron chi connectivity index (χ0n) is 10.8. The Morgan fingerprint density at radius 3 is 2.53 bits per heavy atom. The highest BCUT2D eigenvalue weighted by atomic mass is 16.2. The predicted molar refractivity (Wildman–Crippen MR) is 69.6 cm³/mol. The van der Waals surface area contributed by atoms with Gasteiger partial charge in [0.1, 0.15) is 6.34 Å². The van der Waals surface area contributed by atoms with Crippen LogP contribution < -0.4 is 0 Å². The molecule has 0 unspecified atom stereocenters. The highest BCUT2D eigenvalue weighted by Crippen LogP contribution is 2.40. The third-order valence-electron chi connectivity index (χ3n) is 3.85. The Morgan fingerprint density at radius 1 is 1.29 bits per heavy atom. The third kappa shape index (κ3) is 2.26. The Kier molecular flexibility index (Phi) is 3.60. The summed E-state index contributed by atoms with van der Waals surface area (Å²) in [7, 11) is 3.69. The molecule has 2 rings (SSSR count). The minimum atomic E-state index is -0.325. The fourth-order valence-corrected chi connectivity index (χ4v) is 2.98. The molecular weight excluding hydrogens is 214 g/mol. The molecule has 1 amide bonds. The van der Waals surface area contributed by atoms with Crippen LogP contribution in [0.2, 0.25) is 0 Å². The zero-order chi connectivity index (χ0) is 12.3. The van der Waals surface area contributed by atoms with Gasteiger partial charge in [0.15, 0.2) is 0 Å². The van der Waals surface area contributed by atoms with Crippen molar-refractivity contribution in [3.63, 3.8) is 0 Å². The molecule has 0 saturated heterocycles. The minimum Gasteiger partial charge on any atom is -0.348 e. The number of hydrogen-bond donors (Lipinski definition) is 0. The Balaban J connectivity index is 2.32. The second kappa shape index (κ2) is 4.98. The summed E-state index contributed by atoms with van der Waals surface area (Å²) in [6.45, 7) is 0.779. The molecule has 4 nitrogen and oxygen atoms in total. The quantitative estimate of drug-likeness (QED) is 0.721. The number of nitrogens with zero attached hydrogens (tertiary/aromatic N) is 3. The molecule has 0 atom stereocenters. The number of aliphatic imine (C=N–C) groups is 2. The smallest absolute Gasteiger partial charge is 0.233 e. The van der Waals surface area contributed by atoms with Crippen LogP contribution in [0.3, 0.4) is 0 Å². The van der Waals surface area contributed by atoms with Gasteiger partial charge in [-0.2, -0.15) is 0 Å². The summed E-state index contributed by atoms with van der Waals surface area (Å²) in [6, 6.07) is 0. The Morgan fingerprint density at radius 2 is 2.00 bits per heavy atom. The lowest BCUT2D eigenvalue weighted by atomic mass is 9.68. The van der Waals surface area contributed by atoms with E-state index < -0.39 is 0 Å². The molecule has 1 saturated carbocycles. The van der Waals surface area contributed by atoms with Gasteiger partial charge in [-0.3, -0.25) is 9.79 Å². The Hall–Kier alpha value is -1.19. The topological polar surface area (TPSA) is 45.0 Å². The number of hydrogen-bond acceptors (Lipinski definition) is 3. The standard InChI is InChI=1S/C13H21N3O/c1-16(2)12(17)13(7-4-3-5-8-13)11-6-9-14-10-15-11/h10H,3-9H2,1-2H3. The maximum Gasteiger partial charge on any atom is 0.233 e. The summed E-state index contributed by atoms with van der Waals surface area (Å²) in [5.41, 5.74) is 0.736. The molecule has 0 aromatic heterocycles. The van der Waals surface area contributed by atoms with Crippen LogP contribution in [0.15, 0.2) is 9.98 Å². The monoisotopic (exact) mass is 235 g/mol. The van der Waals surface area contributed by atoms with E-state index in [-0.39, 0.29) is 11.3 Å². The summed E-state index contributed by atoms with van der Waals surface area (Å²) >= 11 is 0. The molecule has 0 aromatic rings. The Labute approximate surface area is 103 Å². The van der Waals surface area contributed by atoms with Gasteiger partial charge in [-0.1, -0.05) is 19.3 Å². The van der Waals surface area contributed by atoms with Crippen LogP contribution in [0.25, 0.3) is 0 Å². The van der Waals surface area contributed by atoms with Gasteiger partial charge in [-0.25, -0.2) is 4.99 Å². The SMILES string of the molecule is CN(C)C(=O)C1(C2=NC=NCC2)CCCCC1. The van der Waals surface area contributed by atoms with E-state index in [4.69, 9.17) is 0 Å². The molecule has 2 aliphatic rings. The lowest BCUT2D eigenvalue weighted by Crippen LogP contribution is -2.48. The fraction of sp³-hybridized carbons (Fsp3) is 0.769. The molecule has 4 heteroatoms. The number of carbonyl (C=O) groups excluding carboxylic acids is 1. The van der Waals surface area contributed by atoms with Gasteiger partial charge >= 0.3 is 0 Å². The first kappa shape index (κ1) is 12.3. The molecule has 0 bridgehead atoms. The first-order valence-electron chi connectivity index (χ1n) is 6.44. The van der Waals surface area contributed by atoms with Crippen molar-refractivity contribution < 1.29 is 4.79 Å². The maximum absolute atomic E-state index is 12.5. The predicted octanol–water partition coefficient (Wildman–Crippen LogP) is 1.90. The fourth-order valence-electron chi connectivity index (χ4n) is 2.98. The highest BCUT2D eigenvalue weighted by Gasteiger charge is 2.44. The van der Waals surface area contributed by atoms with Gasteiger partial charge in [-0.15, -0.1) is 0 Å². The first-order chi connectivity index (χ1) is 8.17. The lowest BCUT2D eigenvalue weighted by Gasteiger charge is -2.39. The van der Waals surface area contributed by atoms with E-state index in [0.717, 1.165) is 44.4 Å². The second-order valence-corrected chi connectivity index (χ2v) is 5.19. The Bertz CT molecular complexity index is 352. The average Bonchev–Trinajstić information content (AvgIpc) is 2.39. The second-order valence-electron chi connectivity index (χ2n) is 5.19. The van der Waals surface area contributed by atoms with Crippen LogP contribution >= 0.6 is 0 Å². The van der Waals surface area contributed by atoms with Crippen molar-refractivity contribution in [2.75, 3.05) is 20.6 Å². The molecule has 0 aromatic carbocycles. The summed E-state index contributed by atoms with van der Waals surface area (Å²) in [4.78, 5) is 22.8. The van der Waals surface area contributed by atoms with E-state index in [1.165, 1.54) is 6.42 Å². The van der Waals surface area contributed by atoms with Crippen molar-refractivity contribution in [1.29, 1.82) is 0 Å². The molecule has 0 radical (unpaired) electrons. The molecule has 1 aliphatic carbocycles. The van der Waals surface area contributed by atoms with Gasteiger partial charge in [0, 0.05) is 32.8 Å². The largest absolute Gasteiger partial charge is 0.348 e. The van der Waals surface area contributed by atoms with Gasteiger partial charge in [-0.05, 0) is 12.8 Å². The maximum atomic E-state index is 12.5. The summed E-state index contributed by atoms with van der Waals surface area (Å²) in [5, 5.41) is 0. The number of rotatable bonds is 2. The molecule has 1 heterocycles. The van der Waals surface area contributed by atoms with Crippen LogP contribution in [0, 0.1) is 5.41 Å². The zero-order valence-corrected chi connectivity index (χ0v) is 10.8. The van der Waals surface area contributed by atoms with Crippen LogP contribution in [0.5, 0.6) is 0 Å². The molecule has 94 valence electrons. The van der Waals surface area contributed by atoms with Gasteiger partial charge in [0.05, 0.1) is 5.41 Å². The van der Waals surface area contributed by atoms with Crippen molar-refractivity contribution in [2.24, 2.45) is 15.4 Å². The molecular formula is C13H21N3O. The third-order valence-corrected chi connectivity index (χ3v) is 3.85. The number of carbonyl (C=O) groups is 1. The van der Waals surface area contributed by atoms with Crippen LogP contribution in [0.4, 0.5) is 0 Å².